The van der Waals surface area contributed by atoms with Crippen LogP contribution in [-0.4, -0.2) is 55.4 Å². The Morgan fingerprint density at radius 1 is 1.54 bits per heavy atom. The van der Waals surface area contributed by atoms with E-state index in [1.165, 1.54) is 12.3 Å². The normalized spacial score (nSPS) is 24.5. The summed E-state index contributed by atoms with van der Waals surface area (Å²) in [5.41, 5.74) is 0. The third-order valence-electron chi connectivity index (χ3n) is 2.74. The Kier molecular flexibility index (Phi) is 3.72. The van der Waals surface area contributed by atoms with E-state index in [2.05, 4.69) is 42.7 Å². The van der Waals surface area contributed by atoms with Gasteiger partial charge in [0.25, 0.3) is 0 Å². The van der Waals surface area contributed by atoms with Crippen LogP contribution in [0, 0.1) is 0 Å². The zero-order chi connectivity index (χ0) is 9.84. The van der Waals surface area contributed by atoms with Gasteiger partial charge in [-0.25, -0.2) is 0 Å². The molecule has 1 fully saturated rings. The van der Waals surface area contributed by atoms with Gasteiger partial charge in [-0.3, -0.25) is 4.99 Å². The quantitative estimate of drug-likeness (QED) is 0.471. The minimum Gasteiger partial charge on any atom is -0.359 e. The molecule has 76 valence electrons. The van der Waals surface area contributed by atoms with E-state index in [9.17, 15) is 0 Å². The maximum atomic E-state index is 4.42. The van der Waals surface area contributed by atoms with Crippen molar-refractivity contribution in [3.05, 3.63) is 0 Å². The Morgan fingerprint density at radius 3 is 2.69 bits per heavy atom. The van der Waals surface area contributed by atoms with Crippen molar-refractivity contribution in [1.82, 2.24) is 9.80 Å². The van der Waals surface area contributed by atoms with Gasteiger partial charge < -0.3 is 9.80 Å². The summed E-state index contributed by atoms with van der Waals surface area (Å²) in [6, 6.07) is 0.710. The summed E-state index contributed by atoms with van der Waals surface area (Å²) in [6.07, 6.45) is 1.27. The average Bonchev–Trinajstić information content (AvgIpc) is 2.52. The maximum Gasteiger partial charge on any atom is 0.0957 e. The lowest BCUT2D eigenvalue weighted by atomic mass is 10.2. The fraction of sp³-hybridized carbons (Fsp3) is 0.900. The van der Waals surface area contributed by atoms with Crippen LogP contribution in [0.5, 0.6) is 0 Å². The van der Waals surface area contributed by atoms with Crippen LogP contribution in [0.2, 0.25) is 0 Å². The Labute approximate surface area is 81.4 Å². The highest BCUT2D eigenvalue weighted by Crippen LogP contribution is 2.13. The zero-order valence-corrected chi connectivity index (χ0v) is 9.25. The van der Waals surface area contributed by atoms with Gasteiger partial charge in [0.2, 0.25) is 0 Å². The molecule has 0 N–H and O–H groups in total. The van der Waals surface area contributed by atoms with Crippen molar-refractivity contribution in [1.29, 1.82) is 0 Å². The highest BCUT2D eigenvalue weighted by Gasteiger charge is 2.24. The van der Waals surface area contributed by atoms with Gasteiger partial charge in [-0.2, -0.15) is 0 Å². The van der Waals surface area contributed by atoms with Crippen molar-refractivity contribution in [2.45, 2.75) is 26.3 Å². The molecular formula is C10H21N3. The van der Waals surface area contributed by atoms with Gasteiger partial charge in [-0.1, -0.05) is 0 Å². The summed E-state index contributed by atoms with van der Waals surface area (Å²) in [7, 11) is 4.31. The van der Waals surface area contributed by atoms with Crippen molar-refractivity contribution in [3.63, 3.8) is 0 Å². The van der Waals surface area contributed by atoms with E-state index in [1.54, 1.807) is 0 Å². The van der Waals surface area contributed by atoms with Crippen LogP contribution < -0.4 is 0 Å². The number of amidine groups is 1. The third-order valence-corrected chi connectivity index (χ3v) is 2.74. The first-order chi connectivity index (χ1) is 6.15. The van der Waals surface area contributed by atoms with Crippen LogP contribution >= 0.6 is 0 Å². The van der Waals surface area contributed by atoms with Crippen LogP contribution in [0.4, 0.5) is 0 Å². The minimum absolute atomic E-state index is 0.710. The van der Waals surface area contributed by atoms with Crippen molar-refractivity contribution < 1.29 is 0 Å². The molecule has 0 aliphatic carbocycles. The van der Waals surface area contributed by atoms with E-state index in [0.717, 1.165) is 19.6 Å². The second-order valence-corrected chi connectivity index (χ2v) is 3.87. The third kappa shape index (κ3) is 2.69. The highest BCUT2D eigenvalue weighted by atomic mass is 15.3. The Morgan fingerprint density at radius 2 is 2.23 bits per heavy atom. The highest BCUT2D eigenvalue weighted by molar-refractivity contribution is 5.80. The molecule has 1 aliphatic rings. The first kappa shape index (κ1) is 10.5. The summed E-state index contributed by atoms with van der Waals surface area (Å²) in [4.78, 5) is 9.11. The molecule has 1 atom stereocenters. The summed E-state index contributed by atoms with van der Waals surface area (Å²) in [5.74, 6) is 1.20. The molecule has 0 saturated carbocycles. The molecule has 1 heterocycles. The molecule has 0 aromatic heterocycles. The van der Waals surface area contributed by atoms with E-state index in [1.807, 2.05) is 0 Å². The molecule has 0 radical (unpaired) electrons. The number of likely N-dealkylation sites (N-methyl/N-ethyl adjacent to an activating group) is 1. The second kappa shape index (κ2) is 4.61. The van der Waals surface area contributed by atoms with Gasteiger partial charge in [-0.05, 0) is 34.4 Å². The lowest BCUT2D eigenvalue weighted by Gasteiger charge is -2.21. The van der Waals surface area contributed by atoms with E-state index >= 15 is 0 Å². The number of likely N-dealkylation sites (tertiary alicyclic amines) is 1. The lowest BCUT2D eigenvalue weighted by molar-refractivity contribution is 0.301. The van der Waals surface area contributed by atoms with Crippen molar-refractivity contribution >= 4 is 5.84 Å². The predicted octanol–water partition coefficient (Wildman–Crippen LogP) is 1.06. The average molecular weight is 183 g/mol. The molecule has 3 heteroatoms. The predicted molar refractivity (Wildman–Crippen MR) is 57.3 cm³/mol. The van der Waals surface area contributed by atoms with Crippen molar-refractivity contribution in [2.75, 3.05) is 33.7 Å². The fourth-order valence-corrected chi connectivity index (χ4v) is 1.79. The molecule has 1 unspecified atom stereocenters. The lowest BCUT2D eigenvalue weighted by Crippen LogP contribution is -2.33. The van der Waals surface area contributed by atoms with Gasteiger partial charge in [0.05, 0.1) is 5.84 Å². The molecule has 1 saturated heterocycles. The van der Waals surface area contributed by atoms with E-state index in [0.29, 0.717) is 6.04 Å². The number of rotatable bonds is 2. The van der Waals surface area contributed by atoms with Gasteiger partial charge in [-0.15, -0.1) is 0 Å². The van der Waals surface area contributed by atoms with Crippen LogP contribution in [-0.2, 0) is 0 Å². The molecule has 0 aromatic carbocycles. The molecule has 0 spiro atoms. The Bertz CT molecular complexity index is 187. The monoisotopic (exact) mass is 183 g/mol. The number of aliphatic imine (C=N–C) groups is 1. The largest absolute Gasteiger partial charge is 0.359 e. The molecule has 13 heavy (non-hydrogen) atoms. The topological polar surface area (TPSA) is 18.8 Å². The first-order valence-electron chi connectivity index (χ1n) is 5.07. The molecule has 0 bridgehead atoms. The Balaban J connectivity index is 2.45. The van der Waals surface area contributed by atoms with Gasteiger partial charge in [0.1, 0.15) is 0 Å². The molecule has 3 nitrogen and oxygen atoms in total. The van der Waals surface area contributed by atoms with Gasteiger partial charge >= 0.3 is 0 Å². The fourth-order valence-electron chi connectivity index (χ4n) is 1.79. The summed E-state index contributed by atoms with van der Waals surface area (Å²) >= 11 is 0. The number of hydrogen-bond donors (Lipinski definition) is 0. The molecular weight excluding hydrogens is 162 g/mol. The minimum atomic E-state index is 0.710. The van der Waals surface area contributed by atoms with Gasteiger partial charge in [0, 0.05) is 25.7 Å². The summed E-state index contributed by atoms with van der Waals surface area (Å²) in [6.45, 7) is 7.40. The van der Waals surface area contributed by atoms with Crippen LogP contribution in [0.1, 0.15) is 20.3 Å². The molecule has 1 rings (SSSR count). The van der Waals surface area contributed by atoms with E-state index in [4.69, 9.17) is 0 Å². The van der Waals surface area contributed by atoms with Crippen LogP contribution in [0.25, 0.3) is 0 Å². The summed E-state index contributed by atoms with van der Waals surface area (Å²) in [5, 5.41) is 0. The van der Waals surface area contributed by atoms with Crippen molar-refractivity contribution in [2.24, 2.45) is 4.99 Å². The first-order valence-corrected chi connectivity index (χ1v) is 5.07. The van der Waals surface area contributed by atoms with Crippen molar-refractivity contribution in [3.8, 4) is 0 Å². The zero-order valence-electron chi connectivity index (χ0n) is 9.25. The summed E-state index contributed by atoms with van der Waals surface area (Å²) < 4.78 is 0. The SMILES string of the molecule is CCN=C(C)N1CCC(N(C)C)C1. The van der Waals surface area contributed by atoms with Crippen LogP contribution in [0.3, 0.4) is 0 Å². The number of hydrogen-bond acceptors (Lipinski definition) is 2. The maximum absolute atomic E-state index is 4.42. The standard InChI is InChI=1S/C10H21N3/c1-5-11-9(2)13-7-6-10(8-13)12(3)4/h10H,5-8H2,1-4H3. The van der Waals surface area contributed by atoms with Crippen LogP contribution in [0.15, 0.2) is 4.99 Å². The molecule has 0 aromatic rings. The van der Waals surface area contributed by atoms with E-state index < -0.39 is 0 Å². The molecule has 0 amide bonds. The molecule has 1 aliphatic heterocycles. The Hall–Kier alpha value is -0.570. The van der Waals surface area contributed by atoms with E-state index in [-0.39, 0.29) is 0 Å². The van der Waals surface area contributed by atoms with Gasteiger partial charge in [0.15, 0.2) is 0 Å². The number of nitrogens with zero attached hydrogens (tertiary/aromatic N) is 3. The second-order valence-electron chi connectivity index (χ2n) is 3.87. The smallest absolute Gasteiger partial charge is 0.0957 e.